The van der Waals surface area contributed by atoms with Gasteiger partial charge in [0.1, 0.15) is 0 Å². The van der Waals surface area contributed by atoms with Gasteiger partial charge in [0.05, 0.1) is 0 Å². The molecule has 0 amide bonds. The molecule has 0 bridgehead atoms. The topological polar surface area (TPSA) is 46.9 Å². The van der Waals surface area contributed by atoms with Crippen molar-refractivity contribution in [2.24, 2.45) is 0 Å². The summed E-state index contributed by atoms with van der Waals surface area (Å²) in [5.41, 5.74) is 0.00280. The lowest BCUT2D eigenvalue weighted by Crippen LogP contribution is -2.38. The normalized spacial score (nSPS) is 28.6. The first-order valence-electron chi connectivity index (χ1n) is 5.72. The van der Waals surface area contributed by atoms with Crippen LogP contribution in [-0.2, 0) is 0 Å². The molecule has 16 heavy (non-hydrogen) atoms. The van der Waals surface area contributed by atoms with E-state index in [1.54, 1.807) is 17.0 Å². The molecule has 0 aliphatic heterocycles. The summed E-state index contributed by atoms with van der Waals surface area (Å²) in [7, 11) is 0. The van der Waals surface area contributed by atoms with Crippen LogP contribution < -0.4 is 10.9 Å². The van der Waals surface area contributed by atoms with Crippen LogP contribution in [0, 0.1) is 0 Å². The van der Waals surface area contributed by atoms with Crippen LogP contribution in [0.1, 0.15) is 31.7 Å². The number of aromatic nitrogens is 2. The summed E-state index contributed by atoms with van der Waals surface area (Å²) in [6.45, 7) is 0. The molecule has 5 heteroatoms. The van der Waals surface area contributed by atoms with Crippen molar-refractivity contribution in [1.29, 1.82) is 0 Å². The van der Waals surface area contributed by atoms with E-state index >= 15 is 0 Å². The van der Waals surface area contributed by atoms with Crippen LogP contribution in [0.15, 0.2) is 17.2 Å². The van der Waals surface area contributed by atoms with E-state index in [-0.39, 0.29) is 10.9 Å². The van der Waals surface area contributed by atoms with Gasteiger partial charge in [-0.2, -0.15) is 0 Å². The molecule has 0 aromatic carbocycles. The Labute approximate surface area is 98.6 Å². The van der Waals surface area contributed by atoms with E-state index in [1.165, 1.54) is 0 Å². The molecule has 0 radical (unpaired) electrons. The lowest BCUT2D eigenvalue weighted by molar-refractivity contribution is 0.452. The average molecular weight is 240 g/mol. The molecule has 1 heterocycles. The van der Waals surface area contributed by atoms with Gasteiger partial charge >= 0.3 is 0 Å². The van der Waals surface area contributed by atoms with E-state index < -0.39 is 0 Å². The first-order chi connectivity index (χ1) is 7.74. The molecule has 2 fully saturated rings. The zero-order chi connectivity index (χ0) is 11.1. The SMILES string of the molecule is O=c1c(NC2CC(Cl)C2)nccn1C1CC1. The second kappa shape index (κ2) is 3.77. The second-order valence-electron chi connectivity index (χ2n) is 4.63. The Morgan fingerprint density at radius 2 is 2.19 bits per heavy atom. The molecule has 0 spiro atoms. The number of rotatable bonds is 3. The molecule has 1 aromatic heterocycles. The van der Waals surface area contributed by atoms with Crippen LogP contribution in [-0.4, -0.2) is 21.0 Å². The largest absolute Gasteiger partial charge is 0.363 e. The Bertz CT molecular complexity index is 449. The molecule has 2 aliphatic rings. The molecule has 86 valence electrons. The number of nitrogens with zero attached hydrogens (tertiary/aromatic N) is 2. The van der Waals surface area contributed by atoms with Crippen molar-refractivity contribution in [1.82, 2.24) is 9.55 Å². The third-order valence-corrected chi connectivity index (χ3v) is 3.59. The zero-order valence-corrected chi connectivity index (χ0v) is 9.65. The van der Waals surface area contributed by atoms with Crippen molar-refractivity contribution in [3.63, 3.8) is 0 Å². The van der Waals surface area contributed by atoms with E-state index in [9.17, 15) is 4.79 Å². The second-order valence-corrected chi connectivity index (χ2v) is 5.25. The number of halogens is 1. The van der Waals surface area contributed by atoms with Crippen LogP contribution in [0.4, 0.5) is 5.82 Å². The highest BCUT2D eigenvalue weighted by Gasteiger charge is 2.29. The van der Waals surface area contributed by atoms with Gasteiger partial charge in [-0.25, -0.2) is 4.98 Å². The summed E-state index contributed by atoms with van der Waals surface area (Å²) < 4.78 is 1.78. The van der Waals surface area contributed by atoms with Gasteiger partial charge in [-0.3, -0.25) is 4.79 Å². The zero-order valence-electron chi connectivity index (χ0n) is 8.90. The van der Waals surface area contributed by atoms with Crippen molar-refractivity contribution >= 4 is 17.4 Å². The predicted octanol–water partition coefficient (Wildman–Crippen LogP) is 1.76. The van der Waals surface area contributed by atoms with Crippen LogP contribution in [0.3, 0.4) is 0 Å². The quantitative estimate of drug-likeness (QED) is 0.818. The minimum Gasteiger partial charge on any atom is -0.363 e. The van der Waals surface area contributed by atoms with Crippen LogP contribution in [0.5, 0.6) is 0 Å². The monoisotopic (exact) mass is 239 g/mol. The smallest absolute Gasteiger partial charge is 0.293 e. The molecule has 1 N–H and O–H groups in total. The van der Waals surface area contributed by atoms with Crippen molar-refractivity contribution in [2.75, 3.05) is 5.32 Å². The molecule has 0 saturated heterocycles. The number of hydrogen-bond acceptors (Lipinski definition) is 3. The molecule has 2 aliphatic carbocycles. The highest BCUT2D eigenvalue weighted by Crippen LogP contribution is 2.33. The number of hydrogen-bond donors (Lipinski definition) is 1. The molecule has 3 rings (SSSR count). The van der Waals surface area contributed by atoms with Gasteiger partial charge in [0.25, 0.3) is 5.56 Å². The van der Waals surface area contributed by atoms with E-state index in [0.717, 1.165) is 25.7 Å². The fourth-order valence-electron chi connectivity index (χ4n) is 2.02. The Kier molecular flexibility index (Phi) is 2.39. The summed E-state index contributed by atoms with van der Waals surface area (Å²) in [5.74, 6) is 0.475. The average Bonchev–Trinajstić information content (AvgIpc) is 3.02. The summed E-state index contributed by atoms with van der Waals surface area (Å²) in [6, 6.07) is 0.718. The van der Waals surface area contributed by atoms with Gasteiger partial charge in [0, 0.05) is 29.9 Å². The Hall–Kier alpha value is -1.03. The van der Waals surface area contributed by atoms with Crippen LogP contribution >= 0.6 is 11.6 Å². The maximum atomic E-state index is 12.0. The maximum absolute atomic E-state index is 12.0. The fourth-order valence-corrected chi connectivity index (χ4v) is 2.45. The van der Waals surface area contributed by atoms with Crippen molar-refractivity contribution in [3.05, 3.63) is 22.7 Å². The molecule has 4 nitrogen and oxygen atoms in total. The van der Waals surface area contributed by atoms with Crippen LogP contribution in [0.25, 0.3) is 0 Å². The van der Waals surface area contributed by atoms with E-state index in [0.29, 0.717) is 17.9 Å². The van der Waals surface area contributed by atoms with Crippen molar-refractivity contribution in [3.8, 4) is 0 Å². The van der Waals surface area contributed by atoms with E-state index in [1.807, 2.05) is 0 Å². The molecule has 0 atom stereocenters. The highest BCUT2D eigenvalue weighted by molar-refractivity contribution is 6.21. The van der Waals surface area contributed by atoms with Crippen LogP contribution in [0.2, 0.25) is 0 Å². The van der Waals surface area contributed by atoms with Crippen molar-refractivity contribution in [2.45, 2.75) is 43.1 Å². The molecular formula is C11H14ClN3O. The highest BCUT2D eigenvalue weighted by atomic mass is 35.5. The summed E-state index contributed by atoms with van der Waals surface area (Å²) in [5, 5.41) is 3.43. The lowest BCUT2D eigenvalue weighted by Gasteiger charge is -2.31. The molecule has 0 unspecified atom stereocenters. The number of nitrogens with one attached hydrogen (secondary N) is 1. The number of alkyl halides is 1. The molecular weight excluding hydrogens is 226 g/mol. The molecule has 2 saturated carbocycles. The standard InChI is InChI=1S/C11H14ClN3O/c12-7-5-8(6-7)14-10-11(16)15(4-3-13-10)9-1-2-9/h3-4,7-9H,1-2,5-6H2,(H,13,14). The van der Waals surface area contributed by atoms with Gasteiger partial charge in [-0.05, 0) is 25.7 Å². The Morgan fingerprint density at radius 1 is 1.44 bits per heavy atom. The summed E-state index contributed by atoms with van der Waals surface area (Å²) >= 11 is 5.90. The first-order valence-corrected chi connectivity index (χ1v) is 6.15. The first kappa shape index (κ1) is 10.1. The van der Waals surface area contributed by atoms with Gasteiger partial charge in [0.15, 0.2) is 5.82 Å². The lowest BCUT2D eigenvalue weighted by atomic mass is 9.92. The third kappa shape index (κ3) is 1.82. The fraction of sp³-hybridized carbons (Fsp3) is 0.636. The van der Waals surface area contributed by atoms with Gasteiger partial charge < -0.3 is 9.88 Å². The number of anilines is 1. The molecule has 1 aromatic rings. The van der Waals surface area contributed by atoms with Gasteiger partial charge in [0.2, 0.25) is 0 Å². The summed E-state index contributed by atoms with van der Waals surface area (Å²) in [4.78, 5) is 16.1. The van der Waals surface area contributed by atoms with Crippen molar-refractivity contribution < 1.29 is 0 Å². The minimum atomic E-state index is 0.00280. The Balaban J connectivity index is 1.78. The maximum Gasteiger partial charge on any atom is 0.293 e. The minimum absolute atomic E-state index is 0.00280. The van der Waals surface area contributed by atoms with E-state index in [2.05, 4.69) is 10.3 Å². The Morgan fingerprint density at radius 3 is 2.81 bits per heavy atom. The predicted molar refractivity (Wildman–Crippen MR) is 63.1 cm³/mol. The third-order valence-electron chi connectivity index (χ3n) is 3.23. The van der Waals surface area contributed by atoms with Gasteiger partial charge in [-0.15, -0.1) is 11.6 Å². The van der Waals surface area contributed by atoms with E-state index in [4.69, 9.17) is 11.6 Å². The summed E-state index contributed by atoms with van der Waals surface area (Å²) in [6.07, 6.45) is 7.52. The van der Waals surface area contributed by atoms with Gasteiger partial charge in [-0.1, -0.05) is 0 Å².